The molecule has 134 valence electrons. The van der Waals surface area contributed by atoms with Crippen molar-refractivity contribution >= 4 is 40.4 Å². The Bertz CT molecular complexity index is 991. The zero-order chi connectivity index (χ0) is 17.8. The summed E-state index contributed by atoms with van der Waals surface area (Å²) in [5.74, 6) is 2.96. The quantitative estimate of drug-likeness (QED) is 0.664. The van der Waals surface area contributed by atoms with Crippen molar-refractivity contribution in [2.24, 2.45) is 0 Å². The van der Waals surface area contributed by atoms with Crippen LogP contribution in [0.3, 0.4) is 0 Å². The molecule has 7 nitrogen and oxygen atoms in total. The fourth-order valence-electron chi connectivity index (χ4n) is 3.24. The van der Waals surface area contributed by atoms with Crippen LogP contribution in [0.1, 0.15) is 53.7 Å². The summed E-state index contributed by atoms with van der Waals surface area (Å²) in [5.41, 5.74) is 0.623. The molecule has 3 aromatic heterocycles. The molecule has 0 unspecified atom stereocenters. The molecule has 4 heterocycles. The van der Waals surface area contributed by atoms with Gasteiger partial charge in [0.15, 0.2) is 16.7 Å². The summed E-state index contributed by atoms with van der Waals surface area (Å²) in [6.07, 6.45) is 2.35. The zero-order valence-electron chi connectivity index (χ0n) is 13.9. The predicted molar refractivity (Wildman–Crippen MR) is 99.7 cm³/mol. The van der Waals surface area contributed by atoms with Gasteiger partial charge in [-0.15, -0.1) is 21.5 Å². The summed E-state index contributed by atoms with van der Waals surface area (Å²) < 4.78 is 7.14. The Morgan fingerprint density at radius 2 is 2.15 bits per heavy atom. The van der Waals surface area contributed by atoms with Gasteiger partial charge in [-0.3, -0.25) is 4.79 Å². The number of fused-ring (bicyclic) bond motifs is 1. The first-order valence-corrected chi connectivity index (χ1v) is 10.5. The Hall–Kier alpha value is -1.84. The average molecular weight is 407 g/mol. The Morgan fingerprint density at radius 3 is 2.88 bits per heavy atom. The van der Waals surface area contributed by atoms with E-state index in [2.05, 4.69) is 24.1 Å². The average Bonchev–Trinajstić information content (AvgIpc) is 3.04. The third-order valence-corrected chi connectivity index (χ3v) is 6.65. The Kier molecular flexibility index (Phi) is 3.84. The monoisotopic (exact) mass is 406 g/mol. The van der Waals surface area contributed by atoms with Gasteiger partial charge in [0.25, 0.3) is 5.91 Å². The van der Waals surface area contributed by atoms with Crippen LogP contribution in [-0.4, -0.2) is 41.5 Å². The number of hydrogen-bond acceptors (Lipinski definition) is 7. The van der Waals surface area contributed by atoms with Crippen LogP contribution >= 0.6 is 34.5 Å². The van der Waals surface area contributed by atoms with Crippen LogP contribution in [0.2, 0.25) is 4.34 Å². The molecule has 10 heteroatoms. The fraction of sp³-hybridized carbons (Fsp3) is 0.438. The molecule has 5 rings (SSSR count). The second-order valence-electron chi connectivity index (χ2n) is 6.58. The highest BCUT2D eigenvalue weighted by molar-refractivity contribution is 7.14. The van der Waals surface area contributed by atoms with E-state index in [1.165, 1.54) is 35.7 Å². The van der Waals surface area contributed by atoms with E-state index in [4.69, 9.17) is 11.6 Å². The van der Waals surface area contributed by atoms with Gasteiger partial charge in [-0.05, 0) is 37.4 Å². The highest BCUT2D eigenvalue weighted by Gasteiger charge is 2.34. The molecule has 26 heavy (non-hydrogen) atoms. The second kappa shape index (κ2) is 6.11. The first kappa shape index (κ1) is 16.3. The van der Waals surface area contributed by atoms with Crippen molar-refractivity contribution in [3.8, 4) is 10.8 Å². The van der Waals surface area contributed by atoms with E-state index in [0.29, 0.717) is 28.9 Å². The first-order chi connectivity index (χ1) is 12.6. The van der Waals surface area contributed by atoms with Gasteiger partial charge in [-0.25, -0.2) is 4.98 Å². The molecule has 1 aliphatic heterocycles. The van der Waals surface area contributed by atoms with Gasteiger partial charge in [0.2, 0.25) is 0 Å². The number of amides is 1. The normalized spacial score (nSPS) is 19.6. The first-order valence-electron chi connectivity index (χ1n) is 8.44. The number of thiophene rings is 1. The molecule has 0 saturated heterocycles. The summed E-state index contributed by atoms with van der Waals surface area (Å²) >= 11 is 8.71. The maximum Gasteiger partial charge on any atom is 0.255 e. The lowest BCUT2D eigenvalue weighted by Crippen LogP contribution is -2.41. The van der Waals surface area contributed by atoms with Crippen LogP contribution in [0.4, 0.5) is 0 Å². The Morgan fingerprint density at radius 1 is 1.31 bits per heavy atom. The minimum atomic E-state index is -0.160. The topological polar surface area (TPSA) is 76.8 Å². The zero-order valence-corrected chi connectivity index (χ0v) is 16.3. The van der Waals surface area contributed by atoms with E-state index < -0.39 is 0 Å². The number of aromatic nitrogens is 5. The number of hydrogen-bond donors (Lipinski definition) is 0. The highest BCUT2D eigenvalue weighted by atomic mass is 35.5. The van der Waals surface area contributed by atoms with E-state index in [9.17, 15) is 4.79 Å². The molecule has 0 aromatic carbocycles. The SMILES string of the molecule is C[C@@H]1c2nnc(-c3nc(C4CC4)ns3)n2CCN1C(=O)c1csc(Cl)c1. The lowest BCUT2D eigenvalue weighted by Gasteiger charge is -2.33. The van der Waals surface area contributed by atoms with Crippen molar-refractivity contribution < 1.29 is 4.79 Å². The van der Waals surface area contributed by atoms with Crippen LogP contribution in [0.25, 0.3) is 10.8 Å². The van der Waals surface area contributed by atoms with Gasteiger partial charge >= 0.3 is 0 Å². The highest BCUT2D eigenvalue weighted by Crippen LogP contribution is 2.40. The summed E-state index contributed by atoms with van der Waals surface area (Å²) in [6.45, 7) is 3.22. The van der Waals surface area contributed by atoms with E-state index in [-0.39, 0.29) is 11.9 Å². The number of rotatable bonds is 3. The molecule has 0 spiro atoms. The van der Waals surface area contributed by atoms with E-state index in [1.54, 1.807) is 11.4 Å². The van der Waals surface area contributed by atoms with Crippen LogP contribution in [0.15, 0.2) is 11.4 Å². The molecule has 1 amide bonds. The molecule has 1 aliphatic carbocycles. The molecule has 1 saturated carbocycles. The maximum absolute atomic E-state index is 12.8. The van der Waals surface area contributed by atoms with Gasteiger partial charge < -0.3 is 9.47 Å². The standard InChI is InChI=1S/C16H15ClN6OS2/c1-8-13-19-20-14(15-18-12(21-26-15)9-2-3-9)23(13)5-4-22(8)16(24)10-6-11(17)25-7-10/h6-9H,2-5H2,1H3/t8-/m1/s1. The third kappa shape index (κ3) is 2.65. The fourth-order valence-corrected chi connectivity index (χ4v) is 4.83. The predicted octanol–water partition coefficient (Wildman–Crippen LogP) is 3.61. The van der Waals surface area contributed by atoms with Gasteiger partial charge in [-0.1, -0.05) is 11.6 Å². The molecule has 2 aliphatic rings. The van der Waals surface area contributed by atoms with Gasteiger partial charge in [0.1, 0.15) is 5.82 Å². The lowest BCUT2D eigenvalue weighted by atomic mass is 10.1. The van der Waals surface area contributed by atoms with E-state index in [0.717, 1.165) is 22.5 Å². The Balaban J connectivity index is 1.43. The van der Waals surface area contributed by atoms with Crippen molar-refractivity contribution in [3.05, 3.63) is 33.0 Å². The molecule has 1 fully saturated rings. The molecule has 0 bridgehead atoms. The van der Waals surface area contributed by atoms with Crippen molar-refractivity contribution in [2.45, 2.75) is 38.3 Å². The van der Waals surface area contributed by atoms with Crippen LogP contribution in [-0.2, 0) is 6.54 Å². The van der Waals surface area contributed by atoms with Crippen LogP contribution in [0, 0.1) is 0 Å². The van der Waals surface area contributed by atoms with Gasteiger partial charge in [0, 0.05) is 24.4 Å². The number of nitrogens with zero attached hydrogens (tertiary/aromatic N) is 6. The summed E-state index contributed by atoms with van der Waals surface area (Å²) in [4.78, 5) is 19.3. The van der Waals surface area contributed by atoms with Crippen LogP contribution in [0.5, 0.6) is 0 Å². The van der Waals surface area contributed by atoms with Gasteiger partial charge in [0.05, 0.1) is 15.9 Å². The van der Waals surface area contributed by atoms with Crippen LogP contribution < -0.4 is 0 Å². The largest absolute Gasteiger partial charge is 0.327 e. The maximum atomic E-state index is 12.8. The minimum Gasteiger partial charge on any atom is -0.327 e. The molecule has 0 N–H and O–H groups in total. The van der Waals surface area contributed by atoms with Crippen molar-refractivity contribution in [2.75, 3.05) is 6.54 Å². The molecule has 0 radical (unpaired) electrons. The van der Waals surface area contributed by atoms with E-state index in [1.807, 2.05) is 11.8 Å². The molecular formula is C16H15ClN6OS2. The minimum absolute atomic E-state index is 0.0246. The van der Waals surface area contributed by atoms with Crippen molar-refractivity contribution in [1.29, 1.82) is 0 Å². The molecule has 3 aromatic rings. The third-order valence-electron chi connectivity index (χ3n) is 4.84. The van der Waals surface area contributed by atoms with Crippen molar-refractivity contribution in [1.82, 2.24) is 29.0 Å². The summed E-state index contributed by atoms with van der Waals surface area (Å²) in [5, 5.41) is 11.3. The summed E-state index contributed by atoms with van der Waals surface area (Å²) in [6, 6.07) is 1.55. The second-order valence-corrected chi connectivity index (χ2v) is 8.87. The Labute approximate surface area is 162 Å². The van der Waals surface area contributed by atoms with Gasteiger partial charge in [-0.2, -0.15) is 4.37 Å². The number of carbonyl (C=O) groups excluding carboxylic acids is 1. The summed E-state index contributed by atoms with van der Waals surface area (Å²) in [7, 11) is 0. The molecule has 1 atom stereocenters. The lowest BCUT2D eigenvalue weighted by molar-refractivity contribution is 0.0639. The number of halogens is 1. The molecular weight excluding hydrogens is 392 g/mol. The van der Waals surface area contributed by atoms with E-state index >= 15 is 0 Å². The smallest absolute Gasteiger partial charge is 0.255 e. The number of carbonyl (C=O) groups is 1. The van der Waals surface area contributed by atoms with Crippen molar-refractivity contribution in [3.63, 3.8) is 0 Å².